The zero-order valence-electron chi connectivity index (χ0n) is 18.7. The number of rotatable bonds is 6. The fraction of sp³-hybridized carbons (Fsp3) is 0.138. The van der Waals surface area contributed by atoms with Crippen molar-refractivity contribution in [2.75, 3.05) is 0 Å². The Balaban J connectivity index is 1.77. The number of hydrogen-bond acceptors (Lipinski definition) is 4. The molecule has 0 atom stereocenters. The monoisotopic (exact) mass is 480 g/mol. The highest BCUT2D eigenvalue weighted by atomic mass is 32.1. The third-order valence-corrected chi connectivity index (χ3v) is 7.22. The molecule has 1 aliphatic carbocycles. The molecule has 1 N–H and O–H groups in total. The van der Waals surface area contributed by atoms with E-state index in [9.17, 15) is 14.4 Å². The van der Waals surface area contributed by atoms with Crippen molar-refractivity contribution >= 4 is 44.7 Å². The van der Waals surface area contributed by atoms with Gasteiger partial charge in [0.05, 0.1) is 27.4 Å². The number of carboxylic acids is 1. The Bertz CT molecular complexity index is 1520. The van der Waals surface area contributed by atoms with Crippen molar-refractivity contribution in [3.63, 3.8) is 0 Å². The van der Waals surface area contributed by atoms with Gasteiger partial charge in [-0.1, -0.05) is 42.8 Å². The molecule has 5 rings (SSSR count). The van der Waals surface area contributed by atoms with Crippen molar-refractivity contribution in [2.45, 2.75) is 19.3 Å². The molecule has 1 heterocycles. The maximum Gasteiger partial charge on any atom is 0.328 e. The number of fused-ring (bicyclic) bond motifs is 1. The van der Waals surface area contributed by atoms with Crippen LogP contribution in [0.2, 0.25) is 0 Å². The number of carboxylic acid groups (broad SMARTS) is 1. The van der Waals surface area contributed by atoms with Gasteiger partial charge < -0.3 is 5.11 Å². The van der Waals surface area contributed by atoms with Crippen LogP contribution in [0.3, 0.4) is 0 Å². The number of carbonyl (C=O) groups is 1. The van der Waals surface area contributed by atoms with E-state index in [1.807, 2.05) is 29.8 Å². The zero-order valence-corrected chi connectivity index (χ0v) is 19.6. The summed E-state index contributed by atoms with van der Waals surface area (Å²) in [6.07, 6.45) is 5.77. The Morgan fingerprint density at radius 2 is 1.86 bits per heavy atom. The minimum absolute atomic E-state index is 0.250. The van der Waals surface area contributed by atoms with Crippen LogP contribution in [0.4, 0.5) is 4.39 Å². The van der Waals surface area contributed by atoms with Crippen LogP contribution in [0.5, 0.6) is 0 Å². The molecular formula is C29H21FN2O2S. The maximum atomic E-state index is 14.0. The predicted molar refractivity (Wildman–Crippen MR) is 137 cm³/mol. The van der Waals surface area contributed by atoms with E-state index in [-0.39, 0.29) is 5.92 Å². The lowest BCUT2D eigenvalue weighted by atomic mass is 9.72. The van der Waals surface area contributed by atoms with E-state index in [1.165, 1.54) is 12.1 Å². The van der Waals surface area contributed by atoms with Crippen LogP contribution in [-0.2, 0) is 4.79 Å². The van der Waals surface area contributed by atoms with Gasteiger partial charge in [0.2, 0.25) is 0 Å². The number of hydrogen-bond donors (Lipinski definition) is 1. The van der Waals surface area contributed by atoms with Crippen LogP contribution < -0.4 is 0 Å². The van der Waals surface area contributed by atoms with Gasteiger partial charge in [0.15, 0.2) is 0 Å². The number of aliphatic carboxylic acids is 1. The van der Waals surface area contributed by atoms with Crippen LogP contribution >= 0.6 is 11.3 Å². The van der Waals surface area contributed by atoms with Gasteiger partial charge in [-0.15, -0.1) is 11.3 Å². The molecule has 4 nitrogen and oxygen atoms in total. The van der Waals surface area contributed by atoms with E-state index < -0.39 is 11.8 Å². The van der Waals surface area contributed by atoms with Gasteiger partial charge in [-0.2, -0.15) is 5.26 Å². The first-order valence-corrected chi connectivity index (χ1v) is 12.2. The standard InChI is InChI=1S/C29H21FN2O2S/c30-23-10-11-24(22(14-23)16-31)29(19-2-1-3-19)28(21-9-12-26-25(15-21)32-17-35-26)20-7-4-18(5-8-20)6-13-27(33)34/h4-15,17,19H,1-3H2,(H,33,34). The highest BCUT2D eigenvalue weighted by Crippen LogP contribution is 2.46. The van der Waals surface area contributed by atoms with Gasteiger partial charge in [0, 0.05) is 6.08 Å². The van der Waals surface area contributed by atoms with Crippen LogP contribution in [0.25, 0.3) is 27.4 Å². The first-order chi connectivity index (χ1) is 17.0. The molecule has 0 amide bonds. The molecular weight excluding hydrogens is 459 g/mol. The van der Waals surface area contributed by atoms with E-state index in [2.05, 4.69) is 29.3 Å². The van der Waals surface area contributed by atoms with Gasteiger partial charge in [0.25, 0.3) is 0 Å². The van der Waals surface area contributed by atoms with E-state index in [0.717, 1.165) is 69.0 Å². The molecule has 1 aromatic heterocycles. The molecule has 35 heavy (non-hydrogen) atoms. The predicted octanol–water partition coefficient (Wildman–Crippen LogP) is 7.16. The lowest BCUT2D eigenvalue weighted by molar-refractivity contribution is -0.131. The van der Waals surface area contributed by atoms with Gasteiger partial charge in [0.1, 0.15) is 5.82 Å². The molecule has 0 unspecified atom stereocenters. The van der Waals surface area contributed by atoms with Gasteiger partial charge in [-0.05, 0) is 82.5 Å². The maximum absolute atomic E-state index is 14.0. The number of nitriles is 1. The lowest BCUT2D eigenvalue weighted by Gasteiger charge is -2.32. The number of benzene rings is 3. The molecule has 0 spiro atoms. The summed E-state index contributed by atoms with van der Waals surface area (Å²) in [6, 6.07) is 20.5. The minimum atomic E-state index is -1.00. The third kappa shape index (κ3) is 4.64. The average molecular weight is 481 g/mol. The SMILES string of the molecule is N#Cc1cc(F)ccc1C(=C(c1ccc(C=CC(=O)O)cc1)c1ccc2scnc2c1)C1CCC1. The first-order valence-electron chi connectivity index (χ1n) is 11.3. The molecule has 0 aliphatic heterocycles. The van der Waals surface area contributed by atoms with Gasteiger partial charge in [-0.25, -0.2) is 14.2 Å². The van der Waals surface area contributed by atoms with E-state index in [0.29, 0.717) is 5.56 Å². The summed E-state index contributed by atoms with van der Waals surface area (Å²) < 4.78 is 15.1. The van der Waals surface area contributed by atoms with E-state index >= 15 is 0 Å². The summed E-state index contributed by atoms with van der Waals surface area (Å²) in [5.74, 6) is -1.18. The summed E-state index contributed by atoms with van der Waals surface area (Å²) >= 11 is 1.58. The summed E-state index contributed by atoms with van der Waals surface area (Å²) in [5, 5.41) is 18.8. The third-order valence-electron chi connectivity index (χ3n) is 6.41. The number of nitrogens with zero attached hydrogens (tertiary/aromatic N) is 2. The van der Waals surface area contributed by atoms with Gasteiger partial charge >= 0.3 is 5.97 Å². The highest BCUT2D eigenvalue weighted by Gasteiger charge is 2.29. The van der Waals surface area contributed by atoms with Gasteiger partial charge in [-0.3, -0.25) is 0 Å². The van der Waals surface area contributed by atoms with Crippen molar-refractivity contribution in [3.8, 4) is 6.07 Å². The van der Waals surface area contributed by atoms with Crippen molar-refractivity contribution in [1.29, 1.82) is 5.26 Å². The zero-order chi connectivity index (χ0) is 24.4. The van der Waals surface area contributed by atoms with Crippen molar-refractivity contribution < 1.29 is 14.3 Å². The number of allylic oxidation sites excluding steroid dienone is 1. The highest BCUT2D eigenvalue weighted by molar-refractivity contribution is 7.16. The molecule has 0 radical (unpaired) electrons. The summed E-state index contributed by atoms with van der Waals surface area (Å²) in [4.78, 5) is 15.4. The van der Waals surface area contributed by atoms with Crippen molar-refractivity contribution in [3.05, 3.63) is 106 Å². The molecule has 0 bridgehead atoms. The fourth-order valence-corrected chi connectivity index (χ4v) is 5.18. The van der Waals surface area contributed by atoms with Crippen molar-refractivity contribution in [1.82, 2.24) is 4.98 Å². The molecule has 4 aromatic rings. The van der Waals surface area contributed by atoms with Crippen molar-refractivity contribution in [2.24, 2.45) is 5.92 Å². The smallest absolute Gasteiger partial charge is 0.328 e. The molecule has 1 aliphatic rings. The first kappa shape index (κ1) is 22.7. The Hall–Kier alpha value is -4.08. The average Bonchev–Trinajstić information content (AvgIpc) is 3.30. The molecule has 0 saturated heterocycles. The largest absolute Gasteiger partial charge is 0.478 e. The molecule has 1 fully saturated rings. The molecule has 1 saturated carbocycles. The Morgan fingerprint density at radius 1 is 1.09 bits per heavy atom. The van der Waals surface area contributed by atoms with Crippen LogP contribution in [0.1, 0.15) is 47.1 Å². The normalized spacial score (nSPS) is 14.5. The van der Waals surface area contributed by atoms with E-state index in [1.54, 1.807) is 23.5 Å². The number of aromatic nitrogens is 1. The summed E-state index contributed by atoms with van der Waals surface area (Å²) in [7, 11) is 0. The molecule has 172 valence electrons. The minimum Gasteiger partial charge on any atom is -0.478 e. The fourth-order valence-electron chi connectivity index (χ4n) is 4.52. The Kier molecular flexibility index (Phi) is 6.26. The Labute approximate surface area is 206 Å². The van der Waals surface area contributed by atoms with Crippen LogP contribution in [0, 0.1) is 23.1 Å². The van der Waals surface area contributed by atoms with Crippen LogP contribution in [0.15, 0.2) is 72.3 Å². The lowest BCUT2D eigenvalue weighted by Crippen LogP contribution is -2.16. The topological polar surface area (TPSA) is 74.0 Å². The second-order valence-electron chi connectivity index (χ2n) is 8.55. The van der Waals surface area contributed by atoms with Crippen LogP contribution in [-0.4, -0.2) is 16.1 Å². The second-order valence-corrected chi connectivity index (χ2v) is 9.43. The number of thiazole rings is 1. The number of halogens is 1. The second kappa shape index (κ2) is 9.65. The molecule has 6 heteroatoms. The molecule has 3 aromatic carbocycles. The Morgan fingerprint density at radius 3 is 2.54 bits per heavy atom. The summed E-state index contributed by atoms with van der Waals surface area (Å²) in [6.45, 7) is 0. The summed E-state index contributed by atoms with van der Waals surface area (Å²) in [5.41, 5.74) is 8.52. The quantitative estimate of drug-likeness (QED) is 0.235. The van der Waals surface area contributed by atoms with E-state index in [4.69, 9.17) is 5.11 Å².